The molecule has 2 aromatic rings. The first kappa shape index (κ1) is 20.5. The van der Waals surface area contributed by atoms with E-state index in [0.717, 1.165) is 19.4 Å². The SMILES string of the molecule is Cc1cc(=O)c(C(=O)NCC2CCCN2)nn1-c1ccccc1[N+](=O)[O-].Cl. The molecule has 1 fully saturated rings. The lowest BCUT2D eigenvalue weighted by Crippen LogP contribution is -2.39. The Labute approximate surface area is 161 Å². The molecule has 1 saturated heterocycles. The molecule has 0 bridgehead atoms. The first-order chi connectivity index (χ1) is 12.5. The van der Waals surface area contributed by atoms with Gasteiger partial charge in [-0.25, -0.2) is 4.68 Å². The number of nitro groups is 1. The minimum Gasteiger partial charge on any atom is -0.349 e. The van der Waals surface area contributed by atoms with E-state index in [2.05, 4.69) is 15.7 Å². The molecule has 10 heteroatoms. The molecule has 0 radical (unpaired) electrons. The molecule has 2 N–H and O–H groups in total. The molecule has 0 aliphatic carbocycles. The highest BCUT2D eigenvalue weighted by atomic mass is 35.5. The Morgan fingerprint density at radius 1 is 1.44 bits per heavy atom. The highest BCUT2D eigenvalue weighted by molar-refractivity contribution is 5.92. The van der Waals surface area contributed by atoms with E-state index in [4.69, 9.17) is 0 Å². The van der Waals surface area contributed by atoms with Crippen LogP contribution in [-0.4, -0.2) is 39.7 Å². The Morgan fingerprint density at radius 2 is 2.19 bits per heavy atom. The van der Waals surface area contributed by atoms with Gasteiger partial charge < -0.3 is 10.6 Å². The van der Waals surface area contributed by atoms with Gasteiger partial charge in [0.1, 0.15) is 5.69 Å². The summed E-state index contributed by atoms with van der Waals surface area (Å²) in [6.07, 6.45) is 2.01. The van der Waals surface area contributed by atoms with Gasteiger partial charge >= 0.3 is 0 Å². The van der Waals surface area contributed by atoms with Crippen LogP contribution < -0.4 is 16.1 Å². The number of nitrogens with one attached hydrogen (secondary N) is 2. The molecular weight excluding hydrogens is 374 g/mol. The lowest BCUT2D eigenvalue weighted by molar-refractivity contribution is -0.384. The molecule has 27 heavy (non-hydrogen) atoms. The van der Waals surface area contributed by atoms with Gasteiger partial charge in [-0.15, -0.1) is 12.4 Å². The fraction of sp³-hybridized carbons (Fsp3) is 0.353. The molecule has 1 unspecified atom stereocenters. The molecule has 1 aliphatic rings. The van der Waals surface area contributed by atoms with E-state index in [1.54, 1.807) is 19.1 Å². The van der Waals surface area contributed by atoms with Gasteiger partial charge in [-0.2, -0.15) is 5.10 Å². The van der Waals surface area contributed by atoms with Gasteiger partial charge in [0, 0.05) is 30.4 Å². The van der Waals surface area contributed by atoms with Crippen LogP contribution in [0.2, 0.25) is 0 Å². The molecule has 1 aromatic heterocycles. The van der Waals surface area contributed by atoms with E-state index in [9.17, 15) is 19.7 Å². The maximum Gasteiger partial charge on any atom is 0.294 e. The summed E-state index contributed by atoms with van der Waals surface area (Å²) < 4.78 is 1.25. The molecule has 0 spiro atoms. The van der Waals surface area contributed by atoms with Crippen molar-refractivity contribution in [1.82, 2.24) is 20.4 Å². The quantitative estimate of drug-likeness (QED) is 0.584. The lowest BCUT2D eigenvalue weighted by atomic mass is 10.2. The topological polar surface area (TPSA) is 119 Å². The molecule has 144 valence electrons. The van der Waals surface area contributed by atoms with E-state index in [1.807, 2.05) is 0 Å². The molecule has 1 atom stereocenters. The zero-order chi connectivity index (χ0) is 18.7. The molecule has 9 nitrogen and oxygen atoms in total. The van der Waals surface area contributed by atoms with Crippen molar-refractivity contribution in [3.8, 4) is 5.69 Å². The van der Waals surface area contributed by atoms with Crippen LogP contribution in [0.15, 0.2) is 35.1 Å². The summed E-state index contributed by atoms with van der Waals surface area (Å²) in [5.41, 5.74) is -0.367. The summed E-state index contributed by atoms with van der Waals surface area (Å²) in [6.45, 7) is 2.92. The first-order valence-electron chi connectivity index (χ1n) is 8.33. The highest BCUT2D eigenvalue weighted by Crippen LogP contribution is 2.22. The number of nitrogens with zero attached hydrogens (tertiary/aromatic N) is 3. The van der Waals surface area contributed by atoms with Crippen LogP contribution in [0.4, 0.5) is 5.69 Å². The van der Waals surface area contributed by atoms with E-state index in [-0.39, 0.29) is 35.5 Å². The minimum atomic E-state index is -0.587. The van der Waals surface area contributed by atoms with Crippen molar-refractivity contribution in [3.63, 3.8) is 0 Å². The normalized spacial score (nSPS) is 15.8. The fourth-order valence-corrected chi connectivity index (χ4v) is 2.98. The third kappa shape index (κ3) is 4.50. The van der Waals surface area contributed by atoms with Gasteiger partial charge in [0.25, 0.3) is 11.6 Å². The van der Waals surface area contributed by atoms with Gasteiger partial charge in [-0.05, 0) is 32.4 Å². The number of nitro benzene ring substituents is 1. The molecule has 1 aromatic carbocycles. The lowest BCUT2D eigenvalue weighted by Gasteiger charge is -2.13. The second-order valence-electron chi connectivity index (χ2n) is 6.16. The van der Waals surface area contributed by atoms with Crippen molar-refractivity contribution >= 4 is 24.0 Å². The summed E-state index contributed by atoms with van der Waals surface area (Å²) in [7, 11) is 0. The van der Waals surface area contributed by atoms with E-state index >= 15 is 0 Å². The predicted octanol–water partition coefficient (Wildman–Crippen LogP) is 1.35. The van der Waals surface area contributed by atoms with Crippen LogP contribution in [0, 0.1) is 17.0 Å². The van der Waals surface area contributed by atoms with Crippen molar-refractivity contribution in [3.05, 3.63) is 62.1 Å². The number of para-hydroxylation sites is 2. The van der Waals surface area contributed by atoms with E-state index in [0.29, 0.717) is 12.2 Å². The predicted molar refractivity (Wildman–Crippen MR) is 102 cm³/mol. The zero-order valence-electron chi connectivity index (χ0n) is 14.7. The molecule has 1 aliphatic heterocycles. The number of hydrogen-bond donors (Lipinski definition) is 2. The van der Waals surface area contributed by atoms with Crippen molar-refractivity contribution in [2.24, 2.45) is 0 Å². The monoisotopic (exact) mass is 393 g/mol. The van der Waals surface area contributed by atoms with E-state index in [1.165, 1.54) is 22.9 Å². The number of aromatic nitrogens is 2. The van der Waals surface area contributed by atoms with Crippen LogP contribution in [0.5, 0.6) is 0 Å². The zero-order valence-corrected chi connectivity index (χ0v) is 15.5. The van der Waals surface area contributed by atoms with Gasteiger partial charge in [-0.3, -0.25) is 19.7 Å². The summed E-state index contributed by atoms with van der Waals surface area (Å²) in [5.74, 6) is -0.587. The Balaban J connectivity index is 0.00000261. The maximum atomic E-state index is 12.4. The molecular formula is C17H20ClN5O4. The Kier molecular flexibility index (Phi) is 6.65. The second kappa shape index (κ2) is 8.74. The number of carbonyl (C=O) groups excluding carboxylic acids is 1. The average molecular weight is 394 g/mol. The third-order valence-corrected chi connectivity index (χ3v) is 4.30. The number of aryl methyl sites for hydroxylation is 1. The van der Waals surface area contributed by atoms with Gasteiger partial charge in [0.2, 0.25) is 5.43 Å². The van der Waals surface area contributed by atoms with Gasteiger partial charge in [-0.1, -0.05) is 12.1 Å². The number of hydrogen-bond acceptors (Lipinski definition) is 6. The molecule has 2 heterocycles. The Morgan fingerprint density at radius 3 is 2.85 bits per heavy atom. The summed E-state index contributed by atoms with van der Waals surface area (Å²) in [4.78, 5) is 35.3. The number of rotatable bonds is 5. The third-order valence-electron chi connectivity index (χ3n) is 4.30. The van der Waals surface area contributed by atoms with Crippen molar-refractivity contribution in [2.45, 2.75) is 25.8 Å². The molecule has 1 amide bonds. The fourth-order valence-electron chi connectivity index (χ4n) is 2.98. The summed E-state index contributed by atoms with van der Waals surface area (Å²) in [5, 5.41) is 21.3. The number of halogens is 1. The van der Waals surface area contributed by atoms with Crippen molar-refractivity contribution < 1.29 is 9.72 Å². The Bertz CT molecular complexity index is 908. The number of benzene rings is 1. The van der Waals surface area contributed by atoms with Gasteiger partial charge in [0.15, 0.2) is 5.69 Å². The van der Waals surface area contributed by atoms with Crippen LogP contribution in [0.3, 0.4) is 0 Å². The second-order valence-corrected chi connectivity index (χ2v) is 6.16. The average Bonchev–Trinajstić information content (AvgIpc) is 3.13. The maximum absolute atomic E-state index is 12.4. The first-order valence-corrected chi connectivity index (χ1v) is 8.33. The molecule has 3 rings (SSSR count). The molecule has 0 saturated carbocycles. The standard InChI is InChI=1S/C17H19N5O4.ClH/c1-11-9-15(23)16(17(24)19-10-12-5-4-8-18-12)20-21(11)13-6-2-3-7-14(13)22(25)26;/h2-3,6-7,9,12,18H,4-5,8,10H2,1H3,(H,19,24);1H. The van der Waals surface area contributed by atoms with Crippen LogP contribution >= 0.6 is 12.4 Å². The number of amides is 1. The van der Waals surface area contributed by atoms with Crippen LogP contribution in [0.1, 0.15) is 29.0 Å². The van der Waals surface area contributed by atoms with Gasteiger partial charge in [0.05, 0.1) is 4.92 Å². The minimum absolute atomic E-state index is 0. The summed E-state index contributed by atoms with van der Waals surface area (Å²) >= 11 is 0. The van der Waals surface area contributed by atoms with Crippen LogP contribution in [-0.2, 0) is 0 Å². The Hall–Kier alpha value is -2.78. The van der Waals surface area contributed by atoms with E-state index < -0.39 is 16.3 Å². The largest absolute Gasteiger partial charge is 0.349 e. The van der Waals surface area contributed by atoms with Crippen LogP contribution in [0.25, 0.3) is 5.69 Å². The number of carbonyl (C=O) groups is 1. The summed E-state index contributed by atoms with van der Waals surface area (Å²) in [6, 6.07) is 7.48. The van der Waals surface area contributed by atoms with Crippen molar-refractivity contribution in [2.75, 3.05) is 13.1 Å². The smallest absolute Gasteiger partial charge is 0.294 e. The van der Waals surface area contributed by atoms with Crippen molar-refractivity contribution in [1.29, 1.82) is 0 Å². The highest BCUT2D eigenvalue weighted by Gasteiger charge is 2.21.